The Balaban J connectivity index is 2.63. The van der Waals surface area contributed by atoms with E-state index < -0.39 is 21.5 Å². The Hall–Kier alpha value is -1.37. The summed E-state index contributed by atoms with van der Waals surface area (Å²) in [5.74, 6) is -0.663. The molecule has 1 amide bonds. The number of hydrogen-bond acceptors (Lipinski definition) is 4. The van der Waals surface area contributed by atoms with Gasteiger partial charge in [0.1, 0.15) is 11.6 Å². The Bertz CT molecular complexity index is 435. The van der Waals surface area contributed by atoms with Gasteiger partial charge < -0.3 is 5.32 Å². The van der Waals surface area contributed by atoms with Gasteiger partial charge in [-0.25, -0.2) is 8.42 Å². The van der Waals surface area contributed by atoms with Crippen molar-refractivity contribution in [3.8, 4) is 0 Å². The minimum atomic E-state index is -3.29. The van der Waals surface area contributed by atoms with Crippen molar-refractivity contribution >= 4 is 21.6 Å². The molecule has 0 bridgehead atoms. The van der Waals surface area contributed by atoms with Crippen LogP contribution in [0.1, 0.15) is 5.56 Å². The molecule has 1 aromatic heterocycles. The van der Waals surface area contributed by atoms with Gasteiger partial charge in [-0.2, -0.15) is 5.10 Å². The van der Waals surface area contributed by atoms with Gasteiger partial charge in [-0.15, -0.1) is 0 Å². The smallest absolute Gasteiger partial charge is 0.240 e. The predicted molar refractivity (Wildman–Crippen MR) is 51.7 cm³/mol. The molecule has 1 rings (SSSR count). The minimum absolute atomic E-state index is 0.429. The van der Waals surface area contributed by atoms with Gasteiger partial charge in [-0.3, -0.25) is 9.89 Å². The standard InChI is InChI=1S/C7H11N3O3S/c1-5-3-8-10-7(5)9-6(11)4-14(2,12)13/h3H,4H2,1-2H3,(H2,8,9,10,11). The number of amides is 1. The molecule has 0 fully saturated rings. The molecule has 7 heteroatoms. The topological polar surface area (TPSA) is 91.9 Å². The van der Waals surface area contributed by atoms with Crippen molar-refractivity contribution < 1.29 is 13.2 Å². The van der Waals surface area contributed by atoms with Crippen LogP contribution in [-0.2, 0) is 14.6 Å². The van der Waals surface area contributed by atoms with E-state index in [2.05, 4.69) is 15.5 Å². The maximum absolute atomic E-state index is 11.1. The summed E-state index contributed by atoms with van der Waals surface area (Å²) >= 11 is 0. The van der Waals surface area contributed by atoms with E-state index in [0.717, 1.165) is 11.8 Å². The van der Waals surface area contributed by atoms with Crippen LogP contribution in [0.3, 0.4) is 0 Å². The number of aromatic amines is 1. The monoisotopic (exact) mass is 217 g/mol. The van der Waals surface area contributed by atoms with E-state index in [-0.39, 0.29) is 0 Å². The summed E-state index contributed by atoms with van der Waals surface area (Å²) in [6, 6.07) is 0. The van der Waals surface area contributed by atoms with Crippen LogP contribution in [0.15, 0.2) is 6.20 Å². The first-order valence-corrected chi connectivity index (χ1v) is 5.92. The lowest BCUT2D eigenvalue weighted by Gasteiger charge is -2.01. The number of carbonyl (C=O) groups is 1. The third-order valence-corrected chi connectivity index (χ3v) is 2.27. The predicted octanol–water partition coefficient (Wildman–Crippen LogP) is -0.299. The Morgan fingerprint density at radius 2 is 2.29 bits per heavy atom. The summed E-state index contributed by atoms with van der Waals surface area (Å²) in [5.41, 5.74) is 0.756. The van der Waals surface area contributed by atoms with Gasteiger partial charge >= 0.3 is 0 Å². The molecule has 0 aliphatic carbocycles. The molecule has 0 aromatic carbocycles. The lowest BCUT2D eigenvalue weighted by molar-refractivity contribution is -0.113. The molecule has 0 atom stereocenters. The fourth-order valence-corrected chi connectivity index (χ4v) is 1.43. The van der Waals surface area contributed by atoms with E-state index in [4.69, 9.17) is 0 Å². The van der Waals surface area contributed by atoms with E-state index in [1.165, 1.54) is 6.20 Å². The van der Waals surface area contributed by atoms with Gasteiger partial charge in [0.15, 0.2) is 9.84 Å². The van der Waals surface area contributed by atoms with Crippen LogP contribution in [0, 0.1) is 6.92 Å². The molecule has 1 aromatic rings. The largest absolute Gasteiger partial charge is 0.310 e. The number of anilines is 1. The zero-order valence-electron chi connectivity index (χ0n) is 7.86. The van der Waals surface area contributed by atoms with Crippen molar-refractivity contribution in [2.75, 3.05) is 17.3 Å². The van der Waals surface area contributed by atoms with Crippen LogP contribution in [0.5, 0.6) is 0 Å². The van der Waals surface area contributed by atoms with Crippen LogP contribution < -0.4 is 5.32 Å². The van der Waals surface area contributed by atoms with Gasteiger partial charge in [0.2, 0.25) is 5.91 Å². The maximum Gasteiger partial charge on any atom is 0.240 e. The fourth-order valence-electron chi connectivity index (χ4n) is 0.887. The average molecular weight is 217 g/mol. The average Bonchev–Trinajstić information content (AvgIpc) is 2.32. The molecule has 2 N–H and O–H groups in total. The molecule has 0 saturated carbocycles. The van der Waals surface area contributed by atoms with Gasteiger partial charge in [0.25, 0.3) is 0 Å². The highest BCUT2D eigenvalue weighted by Gasteiger charge is 2.12. The third-order valence-electron chi connectivity index (χ3n) is 1.49. The molecule has 6 nitrogen and oxygen atoms in total. The van der Waals surface area contributed by atoms with Crippen molar-refractivity contribution in [1.82, 2.24) is 10.2 Å². The number of aromatic nitrogens is 2. The number of H-pyrrole nitrogens is 1. The molecule has 0 aliphatic heterocycles. The highest BCUT2D eigenvalue weighted by atomic mass is 32.2. The highest BCUT2D eigenvalue weighted by Crippen LogP contribution is 2.07. The number of sulfone groups is 1. The zero-order chi connectivity index (χ0) is 10.8. The Morgan fingerprint density at radius 3 is 2.71 bits per heavy atom. The number of hydrogen-bond donors (Lipinski definition) is 2. The van der Waals surface area contributed by atoms with Crippen molar-refractivity contribution in [1.29, 1.82) is 0 Å². The van der Waals surface area contributed by atoms with Crippen LogP contribution in [0.25, 0.3) is 0 Å². The molecule has 0 unspecified atom stereocenters. The Kier molecular flexibility index (Phi) is 2.90. The number of nitrogens with one attached hydrogen (secondary N) is 2. The molecular weight excluding hydrogens is 206 g/mol. The Morgan fingerprint density at radius 1 is 1.64 bits per heavy atom. The van der Waals surface area contributed by atoms with Gasteiger partial charge in [0, 0.05) is 11.8 Å². The molecular formula is C7H11N3O3S. The van der Waals surface area contributed by atoms with Crippen LogP contribution in [-0.4, -0.2) is 36.5 Å². The first-order valence-electron chi connectivity index (χ1n) is 3.86. The van der Waals surface area contributed by atoms with Gasteiger partial charge in [-0.1, -0.05) is 0 Å². The van der Waals surface area contributed by atoms with Gasteiger partial charge in [0.05, 0.1) is 6.20 Å². The van der Waals surface area contributed by atoms with Crippen LogP contribution in [0.4, 0.5) is 5.82 Å². The second-order valence-electron chi connectivity index (χ2n) is 3.05. The fraction of sp³-hybridized carbons (Fsp3) is 0.429. The summed E-state index contributed by atoms with van der Waals surface area (Å²) in [5, 5.41) is 8.64. The minimum Gasteiger partial charge on any atom is -0.310 e. The zero-order valence-corrected chi connectivity index (χ0v) is 8.68. The van der Waals surface area contributed by atoms with Crippen molar-refractivity contribution in [2.24, 2.45) is 0 Å². The summed E-state index contributed by atoms with van der Waals surface area (Å²) in [6.45, 7) is 1.75. The van der Waals surface area contributed by atoms with Gasteiger partial charge in [-0.05, 0) is 6.92 Å². The highest BCUT2D eigenvalue weighted by molar-refractivity contribution is 7.91. The molecule has 0 saturated heterocycles. The van der Waals surface area contributed by atoms with E-state index in [9.17, 15) is 13.2 Å². The summed E-state index contributed by atoms with van der Waals surface area (Å²) in [4.78, 5) is 11.1. The first kappa shape index (κ1) is 10.7. The van der Waals surface area contributed by atoms with Crippen LogP contribution >= 0.6 is 0 Å². The maximum atomic E-state index is 11.1. The van der Waals surface area contributed by atoms with E-state index >= 15 is 0 Å². The summed E-state index contributed by atoms with van der Waals surface area (Å²) in [7, 11) is -3.29. The molecule has 0 spiro atoms. The Labute approximate surface area is 81.6 Å². The second kappa shape index (κ2) is 3.79. The number of aryl methyl sites for hydroxylation is 1. The quantitative estimate of drug-likeness (QED) is 0.727. The summed E-state index contributed by atoms with van der Waals surface area (Å²) in [6.07, 6.45) is 2.54. The van der Waals surface area contributed by atoms with Crippen LogP contribution in [0.2, 0.25) is 0 Å². The SMILES string of the molecule is Cc1cn[nH]c1NC(=O)CS(C)(=O)=O. The van der Waals surface area contributed by atoms with E-state index in [1.807, 2.05) is 0 Å². The normalized spacial score (nSPS) is 11.3. The lowest BCUT2D eigenvalue weighted by atomic mass is 10.4. The van der Waals surface area contributed by atoms with E-state index in [1.54, 1.807) is 6.92 Å². The first-order chi connectivity index (χ1) is 6.38. The number of rotatable bonds is 3. The van der Waals surface area contributed by atoms with E-state index in [0.29, 0.717) is 5.82 Å². The van der Waals surface area contributed by atoms with Crippen molar-refractivity contribution in [3.63, 3.8) is 0 Å². The molecule has 1 heterocycles. The molecule has 0 aliphatic rings. The number of nitrogens with zero attached hydrogens (tertiary/aromatic N) is 1. The lowest BCUT2D eigenvalue weighted by Crippen LogP contribution is -2.22. The molecule has 0 radical (unpaired) electrons. The summed E-state index contributed by atoms with van der Waals surface area (Å²) < 4.78 is 21.5. The van der Waals surface area contributed by atoms with Crippen molar-refractivity contribution in [2.45, 2.75) is 6.92 Å². The third kappa shape index (κ3) is 3.17. The number of carbonyl (C=O) groups excluding carboxylic acids is 1. The van der Waals surface area contributed by atoms with Crippen molar-refractivity contribution in [3.05, 3.63) is 11.8 Å². The second-order valence-corrected chi connectivity index (χ2v) is 5.19. The molecule has 78 valence electrons. The molecule has 14 heavy (non-hydrogen) atoms.